The van der Waals surface area contributed by atoms with E-state index in [1.54, 1.807) is 0 Å². The van der Waals surface area contributed by atoms with Crippen molar-refractivity contribution in [3.8, 4) is 45.1 Å². The number of fused-ring (bicyclic) bond motifs is 7. The van der Waals surface area contributed by atoms with E-state index < -0.39 is 0 Å². The zero-order chi connectivity index (χ0) is 54.2. The van der Waals surface area contributed by atoms with E-state index >= 15 is 0 Å². The van der Waals surface area contributed by atoms with Gasteiger partial charge in [-0.05, 0) is 58.4 Å². The van der Waals surface area contributed by atoms with Crippen molar-refractivity contribution < 1.29 is 24.1 Å². The van der Waals surface area contributed by atoms with Gasteiger partial charge >= 0.3 is 287 Å². The average Bonchev–Trinajstić information content (AvgIpc) is 3.75. The number of imidazole rings is 1. The third-order valence-electron chi connectivity index (χ3n) is 15.0. The summed E-state index contributed by atoms with van der Waals surface area (Å²) in [6.45, 7) is 27.5. The molecule has 0 saturated heterocycles. The molecule has 11 rings (SSSR count). The number of anilines is 6. The van der Waals surface area contributed by atoms with E-state index in [1.807, 2.05) is 6.20 Å². The Morgan fingerprint density at radius 3 is 1.48 bits per heavy atom. The second kappa shape index (κ2) is 19.5. The van der Waals surface area contributed by atoms with Crippen molar-refractivity contribution in [2.45, 2.75) is 105 Å². The summed E-state index contributed by atoms with van der Waals surface area (Å²) in [4.78, 5) is 10.1. The second-order valence-electron chi connectivity index (χ2n) is 24.6. The normalized spacial score (nSPS) is 13.0. The Bertz CT molecular complexity index is 3900. The van der Waals surface area contributed by atoms with E-state index in [0.717, 1.165) is 88.5 Å². The summed E-state index contributed by atoms with van der Waals surface area (Å²) >= 11 is 2.51. The van der Waals surface area contributed by atoms with Crippen molar-refractivity contribution >= 4 is 45.3 Å². The molecule has 10 aromatic rings. The van der Waals surface area contributed by atoms with E-state index in [2.05, 4.69) is 315 Å². The number of hydrogen-bond donors (Lipinski definition) is 0. The van der Waals surface area contributed by atoms with Crippen LogP contribution in [0.4, 0.5) is 34.3 Å². The quantitative estimate of drug-likeness (QED) is 0.166. The van der Waals surface area contributed by atoms with Gasteiger partial charge in [0.05, 0.1) is 5.69 Å². The molecule has 0 aliphatic carbocycles. The first kappa shape index (κ1) is 51.6. The van der Waals surface area contributed by atoms with Gasteiger partial charge in [0.2, 0.25) is 0 Å². The number of benzene rings is 8. The molecule has 6 nitrogen and oxygen atoms in total. The molecule has 390 valence electrons. The van der Waals surface area contributed by atoms with Crippen LogP contribution in [0.2, 0.25) is 0 Å². The standard InChI is InChI=1S/C70H69N5O.Pt/c1-67(2,3)47-33-36-62-59(42-47)57-28-17-19-30-61(57)74(51-23-14-13-15-24-51)60-29-18-16-27-56(60)58-35-34-55(45-65(58)75(62)66-43-48(37-38-71-66)68(4,5)6)76-54-26-22-25-52(44-54)72-46-73(64-32-21-20-31-63(64)72)53-40-49(69(7,8)9)39-50(41-53)70(10,11)12;/h13-45H,1-12H3;. The number of aromatic nitrogens is 3. The summed E-state index contributed by atoms with van der Waals surface area (Å²) < 4.78 is 13.0. The van der Waals surface area contributed by atoms with Crippen LogP contribution in [0.1, 0.15) is 105 Å². The molecular formula is C70H69N5OPt. The fourth-order valence-electron chi connectivity index (χ4n) is 10.6. The van der Waals surface area contributed by atoms with Crippen LogP contribution in [0.25, 0.3) is 44.7 Å². The van der Waals surface area contributed by atoms with E-state index in [9.17, 15) is 0 Å². The second-order valence-corrected chi connectivity index (χ2v) is 25.6. The number of rotatable bonds is 6. The predicted octanol–water partition coefficient (Wildman–Crippen LogP) is 19.5. The molecular weight excluding hydrogens is 1120 g/mol. The Balaban J connectivity index is 1.13. The first-order valence-corrected chi connectivity index (χ1v) is 28.0. The van der Waals surface area contributed by atoms with Gasteiger partial charge in [-0.3, -0.25) is 0 Å². The van der Waals surface area contributed by atoms with Gasteiger partial charge in [-0.2, -0.15) is 0 Å². The monoisotopic (exact) mass is 1190 g/mol. The van der Waals surface area contributed by atoms with Gasteiger partial charge < -0.3 is 4.90 Å². The molecule has 0 saturated carbocycles. The summed E-state index contributed by atoms with van der Waals surface area (Å²) in [5, 5.41) is 0. The maximum absolute atomic E-state index is 7.15. The summed E-state index contributed by atoms with van der Waals surface area (Å²) in [6, 6.07) is 70.7. The van der Waals surface area contributed by atoms with Crippen molar-refractivity contribution in [3.05, 3.63) is 226 Å². The molecule has 2 aromatic heterocycles. The summed E-state index contributed by atoms with van der Waals surface area (Å²) in [7, 11) is 0. The molecule has 0 bridgehead atoms. The SMILES string of the molecule is CC(C)(C)c1cc(-n2[c](=[Pt])n(-c3cccc(Oc4ccc5c(c4)N(c4cc(C(C)(C)C)ccn4)c4ccc(C(C)(C)C)cc4-c4ccccc4N(c4ccccc4)c4ccccc4-5)c3)c3ccccc32)cc(C(C)(C)C)c1. The Labute approximate surface area is 466 Å². The third kappa shape index (κ3) is 9.82. The molecule has 0 unspecified atom stereocenters. The molecule has 0 radical (unpaired) electrons. The van der Waals surface area contributed by atoms with Crippen molar-refractivity contribution in [1.29, 1.82) is 0 Å². The predicted molar refractivity (Wildman–Crippen MR) is 319 cm³/mol. The van der Waals surface area contributed by atoms with Gasteiger partial charge in [-0.15, -0.1) is 0 Å². The Kier molecular flexibility index (Phi) is 13.1. The molecule has 0 spiro atoms. The van der Waals surface area contributed by atoms with Gasteiger partial charge in [-0.1, -0.05) is 96.1 Å². The van der Waals surface area contributed by atoms with Crippen LogP contribution in [-0.4, -0.2) is 14.1 Å². The number of ether oxygens (including phenoxy) is 1. The first-order chi connectivity index (χ1) is 36.6. The van der Waals surface area contributed by atoms with Crippen LogP contribution in [0.5, 0.6) is 11.5 Å². The Hall–Kier alpha value is -7.53. The van der Waals surface area contributed by atoms with Crippen LogP contribution >= 0.6 is 0 Å². The van der Waals surface area contributed by atoms with Crippen molar-refractivity contribution in [2.24, 2.45) is 0 Å². The van der Waals surface area contributed by atoms with Crippen molar-refractivity contribution in [1.82, 2.24) is 14.1 Å². The van der Waals surface area contributed by atoms with E-state index in [1.165, 1.54) is 22.3 Å². The van der Waals surface area contributed by atoms with E-state index in [0.29, 0.717) is 5.75 Å². The van der Waals surface area contributed by atoms with Gasteiger partial charge in [-0.25, -0.2) is 0 Å². The Morgan fingerprint density at radius 2 is 0.857 bits per heavy atom. The Morgan fingerprint density at radius 1 is 0.351 bits per heavy atom. The van der Waals surface area contributed by atoms with Gasteiger partial charge in [0.25, 0.3) is 0 Å². The summed E-state index contributed by atoms with van der Waals surface area (Å²) in [5.41, 5.74) is 18.7. The number of hydrogen-bond acceptors (Lipinski definition) is 4. The van der Waals surface area contributed by atoms with Crippen molar-refractivity contribution in [3.63, 3.8) is 0 Å². The molecule has 77 heavy (non-hydrogen) atoms. The molecule has 8 aromatic carbocycles. The maximum atomic E-state index is 7.15. The molecule has 1 aliphatic heterocycles. The van der Waals surface area contributed by atoms with Crippen LogP contribution in [-0.2, 0) is 41.0 Å². The third-order valence-corrected chi connectivity index (χ3v) is 16.0. The molecule has 0 atom stereocenters. The van der Waals surface area contributed by atoms with Gasteiger partial charge in [0.1, 0.15) is 0 Å². The zero-order valence-corrected chi connectivity index (χ0v) is 48.8. The van der Waals surface area contributed by atoms with Crippen LogP contribution in [0, 0.1) is 3.80 Å². The fraction of sp³-hybridized carbons (Fsp3) is 0.229. The number of pyridine rings is 1. The van der Waals surface area contributed by atoms with Crippen LogP contribution < -0.4 is 14.5 Å². The van der Waals surface area contributed by atoms with Gasteiger partial charge in [0.15, 0.2) is 0 Å². The minimum atomic E-state index is -0.129. The van der Waals surface area contributed by atoms with E-state index in [4.69, 9.17) is 9.72 Å². The molecule has 3 heterocycles. The molecule has 0 N–H and O–H groups in total. The summed E-state index contributed by atoms with van der Waals surface area (Å²) in [6.07, 6.45) is 1.96. The van der Waals surface area contributed by atoms with Crippen LogP contribution in [0.15, 0.2) is 200 Å². The topological polar surface area (TPSA) is 38.5 Å². The minimum absolute atomic E-state index is 0.0275. The molecule has 7 heteroatoms. The zero-order valence-electron chi connectivity index (χ0n) is 46.5. The fourth-order valence-corrected chi connectivity index (χ4v) is 11.7. The first-order valence-electron chi connectivity index (χ1n) is 26.9. The van der Waals surface area contributed by atoms with Crippen LogP contribution in [0.3, 0.4) is 0 Å². The van der Waals surface area contributed by atoms with Gasteiger partial charge in [0, 0.05) is 17.4 Å². The molecule has 1 aliphatic rings. The number of nitrogens with zero attached hydrogens (tertiary/aromatic N) is 5. The molecule has 0 amide bonds. The number of para-hydroxylation sites is 5. The van der Waals surface area contributed by atoms with Crippen molar-refractivity contribution in [2.75, 3.05) is 9.80 Å². The summed E-state index contributed by atoms with van der Waals surface area (Å²) in [5.74, 6) is 2.26. The molecule has 0 fully saturated rings. The van der Waals surface area contributed by atoms with E-state index in [-0.39, 0.29) is 21.7 Å². The average molecular weight is 1190 g/mol.